The molecule has 0 saturated carbocycles. The predicted octanol–water partition coefficient (Wildman–Crippen LogP) is 12.6. The third kappa shape index (κ3) is 7.14. The summed E-state index contributed by atoms with van der Waals surface area (Å²) in [5.74, 6) is 0.286. The Morgan fingerprint density at radius 1 is 0.857 bits per heavy atom. The van der Waals surface area contributed by atoms with Gasteiger partial charge in [-0.25, -0.2) is 0 Å². The number of hydrogen-bond acceptors (Lipinski definition) is 5. The van der Waals surface area contributed by atoms with Gasteiger partial charge in [-0.15, -0.1) is 29.1 Å². The fourth-order valence-electron chi connectivity index (χ4n) is 6.28. The summed E-state index contributed by atoms with van der Waals surface area (Å²) in [7, 11) is 0. The molecule has 6 heteroatoms. The number of nitrogens with zero attached hydrogens (tertiary/aromatic N) is 1. The number of furan rings is 2. The number of allylic oxidation sites excluding steroid dienone is 2. The van der Waals surface area contributed by atoms with Gasteiger partial charge in [-0.05, 0) is 61.8 Å². The van der Waals surface area contributed by atoms with Gasteiger partial charge in [0.25, 0.3) is 0 Å². The molecule has 0 fully saturated rings. The minimum atomic E-state index is -0.337. The van der Waals surface area contributed by atoms with E-state index in [9.17, 15) is 9.90 Å². The van der Waals surface area contributed by atoms with E-state index in [4.69, 9.17) is 13.8 Å². The maximum absolute atomic E-state index is 12.2. The molecule has 3 aromatic heterocycles. The first-order chi connectivity index (χ1) is 22.7. The summed E-state index contributed by atoms with van der Waals surface area (Å²) in [6.45, 7) is 20.9. The van der Waals surface area contributed by atoms with E-state index in [1.165, 1.54) is 17.0 Å². The van der Waals surface area contributed by atoms with Crippen molar-refractivity contribution in [3.05, 3.63) is 90.0 Å². The van der Waals surface area contributed by atoms with Crippen molar-refractivity contribution in [1.82, 2.24) is 4.98 Å². The standard InChI is InChI=1S/C28H22NO2.C15H28O2.Ir/c1-16-15-30-23-10-9-20-21-11-12-29-25(27(21)31-26(20)24(16)23)18-13-17-7-5-6-8-19(17)22(14-18)28(2,3)4;1-7-14(5,8-2)12(16)11-13(17)15(6,9-3)10-4;/h5-12,14-15H,1-4H3;11,16H,7-10H2,1-6H3;/q-1;;/b;12-11-;. The molecule has 0 atom stereocenters. The Hall–Kier alpha value is -3.73. The molecule has 261 valence electrons. The van der Waals surface area contributed by atoms with Crippen LogP contribution in [0.15, 0.2) is 81.7 Å². The topological polar surface area (TPSA) is 76.5 Å². The van der Waals surface area contributed by atoms with Gasteiger partial charge in [0.2, 0.25) is 0 Å². The zero-order valence-corrected chi connectivity index (χ0v) is 33.0. The smallest absolute Gasteiger partial charge is 0.164 e. The predicted molar refractivity (Wildman–Crippen MR) is 200 cm³/mol. The Morgan fingerprint density at radius 2 is 1.49 bits per heavy atom. The van der Waals surface area contributed by atoms with E-state index in [1.54, 1.807) is 6.26 Å². The molecule has 0 bridgehead atoms. The molecule has 3 aromatic carbocycles. The van der Waals surface area contributed by atoms with Crippen molar-refractivity contribution in [2.24, 2.45) is 10.8 Å². The van der Waals surface area contributed by atoms with E-state index >= 15 is 0 Å². The minimum absolute atomic E-state index is 0. The van der Waals surface area contributed by atoms with Crippen LogP contribution in [-0.4, -0.2) is 15.9 Å². The van der Waals surface area contributed by atoms with Crippen molar-refractivity contribution in [2.75, 3.05) is 0 Å². The van der Waals surface area contributed by atoms with Crippen molar-refractivity contribution >= 4 is 49.5 Å². The van der Waals surface area contributed by atoms with Crippen LogP contribution in [0.5, 0.6) is 0 Å². The second-order valence-corrected chi connectivity index (χ2v) is 14.7. The molecule has 6 rings (SSSR count). The van der Waals surface area contributed by atoms with E-state index in [-0.39, 0.29) is 47.9 Å². The van der Waals surface area contributed by atoms with Crippen molar-refractivity contribution in [2.45, 2.75) is 100 Å². The molecule has 0 spiro atoms. The van der Waals surface area contributed by atoms with Gasteiger partial charge in [-0.3, -0.25) is 9.78 Å². The number of carbonyl (C=O) groups is 1. The van der Waals surface area contributed by atoms with Gasteiger partial charge >= 0.3 is 0 Å². The van der Waals surface area contributed by atoms with Crippen LogP contribution in [0, 0.1) is 23.8 Å². The molecule has 6 aromatic rings. The number of aliphatic hydroxyl groups excluding tert-OH is 1. The Labute approximate surface area is 304 Å². The summed E-state index contributed by atoms with van der Waals surface area (Å²) in [6, 6.07) is 20.4. The number of hydrogen-bond donors (Lipinski definition) is 1. The molecule has 0 aliphatic rings. The first kappa shape index (κ1) is 38.1. The average molecular weight is 837 g/mol. The molecular weight excluding hydrogens is 787 g/mol. The SMILES string of the molecule is CCC(C)(CC)C(=O)/C=C(\O)C(C)(CC)CC.Cc1coc2ccc3c4ccnc(-c5[c-]c6ccccc6c(C(C)(C)C)c5)c4oc3c12.[Ir]. The summed E-state index contributed by atoms with van der Waals surface area (Å²) >= 11 is 0. The molecule has 0 amide bonds. The number of aryl methyl sites for hydroxylation is 1. The first-order valence-corrected chi connectivity index (χ1v) is 17.3. The van der Waals surface area contributed by atoms with E-state index in [0.717, 1.165) is 80.8 Å². The van der Waals surface area contributed by atoms with E-state index in [0.29, 0.717) is 0 Å². The summed E-state index contributed by atoms with van der Waals surface area (Å²) in [5.41, 5.74) is 5.99. The molecular formula is C43H50IrNO4-. The van der Waals surface area contributed by atoms with E-state index in [2.05, 4.69) is 63.2 Å². The molecule has 1 N–H and O–H groups in total. The number of carbonyl (C=O) groups excluding carboxylic acids is 1. The van der Waals surface area contributed by atoms with Gasteiger partial charge in [0.1, 0.15) is 22.5 Å². The maximum Gasteiger partial charge on any atom is 0.164 e. The number of benzene rings is 3. The summed E-state index contributed by atoms with van der Waals surface area (Å²) in [5, 5.41) is 15.6. The van der Waals surface area contributed by atoms with Crippen molar-refractivity contribution in [3.63, 3.8) is 0 Å². The summed E-state index contributed by atoms with van der Waals surface area (Å²) in [6.07, 6.45) is 8.40. The number of aliphatic hydroxyl groups is 1. The van der Waals surface area contributed by atoms with Crippen molar-refractivity contribution in [3.8, 4) is 11.3 Å². The van der Waals surface area contributed by atoms with Crippen molar-refractivity contribution < 1.29 is 38.8 Å². The Balaban J connectivity index is 0.000000260. The second-order valence-electron chi connectivity index (χ2n) is 14.7. The van der Waals surface area contributed by atoms with Crippen LogP contribution in [0.3, 0.4) is 0 Å². The van der Waals surface area contributed by atoms with Crippen LogP contribution in [0.2, 0.25) is 0 Å². The number of pyridine rings is 1. The van der Waals surface area contributed by atoms with E-state index in [1.807, 2.05) is 66.8 Å². The second kappa shape index (κ2) is 14.6. The molecule has 0 saturated heterocycles. The third-order valence-electron chi connectivity index (χ3n) is 10.7. The van der Waals surface area contributed by atoms with Crippen LogP contribution in [-0.2, 0) is 30.3 Å². The maximum atomic E-state index is 12.2. The molecule has 5 nitrogen and oxygen atoms in total. The van der Waals surface area contributed by atoms with Gasteiger partial charge < -0.3 is 13.9 Å². The van der Waals surface area contributed by atoms with Crippen LogP contribution >= 0.6 is 0 Å². The van der Waals surface area contributed by atoms with Crippen LogP contribution in [0.1, 0.15) is 99.1 Å². The monoisotopic (exact) mass is 837 g/mol. The fourth-order valence-corrected chi connectivity index (χ4v) is 6.28. The zero-order valence-electron chi connectivity index (χ0n) is 30.6. The Bertz CT molecular complexity index is 2130. The Morgan fingerprint density at radius 3 is 2.12 bits per heavy atom. The summed E-state index contributed by atoms with van der Waals surface area (Å²) in [4.78, 5) is 16.9. The third-order valence-corrected chi connectivity index (χ3v) is 10.7. The summed E-state index contributed by atoms with van der Waals surface area (Å²) < 4.78 is 12.2. The quantitative estimate of drug-likeness (QED) is 0.0939. The average Bonchev–Trinajstić information content (AvgIpc) is 3.66. The normalized spacial score (nSPS) is 12.7. The van der Waals surface area contributed by atoms with Gasteiger partial charge in [-0.2, -0.15) is 0 Å². The van der Waals surface area contributed by atoms with Gasteiger partial charge in [0.05, 0.1) is 11.6 Å². The number of aromatic nitrogens is 1. The molecule has 3 heterocycles. The molecule has 0 aliphatic carbocycles. The Kier molecular flexibility index (Phi) is 11.4. The zero-order chi connectivity index (χ0) is 35.0. The molecule has 49 heavy (non-hydrogen) atoms. The van der Waals surface area contributed by atoms with Crippen LogP contribution in [0.4, 0.5) is 0 Å². The van der Waals surface area contributed by atoms with E-state index < -0.39 is 0 Å². The van der Waals surface area contributed by atoms with Gasteiger partial charge in [0, 0.05) is 59.7 Å². The van der Waals surface area contributed by atoms with Gasteiger partial charge in [-0.1, -0.05) is 91.5 Å². The van der Waals surface area contributed by atoms with Crippen molar-refractivity contribution in [1.29, 1.82) is 0 Å². The van der Waals surface area contributed by atoms with Crippen LogP contribution in [0.25, 0.3) is 54.9 Å². The largest absolute Gasteiger partial charge is 0.512 e. The van der Waals surface area contributed by atoms with Crippen LogP contribution < -0.4 is 0 Å². The fraction of sp³-hybridized carbons (Fsp3) is 0.395. The molecule has 1 radical (unpaired) electrons. The number of fused-ring (bicyclic) bond motifs is 6. The molecule has 0 unspecified atom stereocenters. The van der Waals surface area contributed by atoms with Gasteiger partial charge in [0.15, 0.2) is 5.78 Å². The first-order valence-electron chi connectivity index (χ1n) is 17.3. The minimum Gasteiger partial charge on any atom is -0.512 e. The number of ketones is 1. The molecule has 0 aliphatic heterocycles. The number of rotatable bonds is 8.